The van der Waals surface area contributed by atoms with Crippen molar-refractivity contribution in [1.82, 2.24) is 20.1 Å². The molecule has 0 unspecified atom stereocenters. The van der Waals surface area contributed by atoms with Crippen LogP contribution in [0.15, 0.2) is 53.2 Å². The molecule has 7 heteroatoms. The molecule has 0 fully saturated rings. The molecular weight excluding hydrogens is 340 g/mol. The van der Waals surface area contributed by atoms with E-state index in [1.165, 1.54) is 0 Å². The molecule has 7 nitrogen and oxygen atoms in total. The van der Waals surface area contributed by atoms with Crippen LogP contribution < -0.4 is 10.2 Å². The highest BCUT2D eigenvalue weighted by Gasteiger charge is 2.10. The molecule has 1 aromatic carbocycles. The number of para-hydroxylation sites is 1. The molecule has 0 saturated heterocycles. The topological polar surface area (TPSA) is 80.0 Å². The fourth-order valence-electron chi connectivity index (χ4n) is 2.87. The molecule has 3 aromatic heterocycles. The van der Waals surface area contributed by atoms with Crippen LogP contribution in [0.5, 0.6) is 0 Å². The number of fused-ring (bicyclic) bond motifs is 1. The van der Waals surface area contributed by atoms with Crippen LogP contribution >= 0.6 is 0 Å². The monoisotopic (exact) mass is 360 g/mol. The summed E-state index contributed by atoms with van der Waals surface area (Å²) in [6, 6.07) is 14.0. The average molecular weight is 360 g/mol. The second-order valence-corrected chi connectivity index (χ2v) is 6.48. The predicted molar refractivity (Wildman–Crippen MR) is 106 cm³/mol. The lowest BCUT2D eigenvalue weighted by Crippen LogP contribution is -2.12. The van der Waals surface area contributed by atoms with Gasteiger partial charge < -0.3 is 14.7 Å². The quantitative estimate of drug-likeness (QED) is 0.581. The Kier molecular flexibility index (Phi) is 4.42. The van der Waals surface area contributed by atoms with E-state index in [2.05, 4.69) is 32.6 Å². The number of rotatable bonds is 5. The maximum atomic E-state index is 5.24. The molecule has 0 aliphatic heterocycles. The summed E-state index contributed by atoms with van der Waals surface area (Å²) in [6.45, 7) is 2.42. The maximum absolute atomic E-state index is 5.24. The molecule has 0 saturated carbocycles. The second kappa shape index (κ2) is 7.03. The van der Waals surface area contributed by atoms with E-state index in [1.54, 1.807) is 13.1 Å². The lowest BCUT2D eigenvalue weighted by molar-refractivity contribution is 0.425. The summed E-state index contributed by atoms with van der Waals surface area (Å²) in [5.74, 6) is 2.77. The normalized spacial score (nSPS) is 10.9. The molecular formula is C20H20N6O. The largest absolute Gasteiger partial charge is 0.366 e. The van der Waals surface area contributed by atoms with E-state index >= 15 is 0 Å². The van der Waals surface area contributed by atoms with Gasteiger partial charge in [-0.1, -0.05) is 23.4 Å². The Morgan fingerprint density at radius 3 is 2.70 bits per heavy atom. The van der Waals surface area contributed by atoms with E-state index in [0.717, 1.165) is 33.7 Å². The van der Waals surface area contributed by atoms with Crippen LogP contribution in [-0.4, -0.2) is 34.2 Å². The van der Waals surface area contributed by atoms with Crippen molar-refractivity contribution in [2.75, 3.05) is 24.3 Å². The SMILES string of the molecule is Cc1noc(-c2ccnc(NCc3cc(N(C)C)nc4ccccc34)c2)n1. The van der Waals surface area contributed by atoms with Crippen molar-refractivity contribution in [2.24, 2.45) is 0 Å². The van der Waals surface area contributed by atoms with Gasteiger partial charge in [0.05, 0.1) is 5.52 Å². The number of hydrogen-bond acceptors (Lipinski definition) is 7. The van der Waals surface area contributed by atoms with Crippen LogP contribution in [0.1, 0.15) is 11.4 Å². The molecule has 0 bridgehead atoms. The van der Waals surface area contributed by atoms with Gasteiger partial charge in [0.2, 0.25) is 0 Å². The van der Waals surface area contributed by atoms with Gasteiger partial charge in [0.25, 0.3) is 5.89 Å². The molecule has 4 aromatic rings. The third-order valence-corrected chi connectivity index (χ3v) is 4.24. The van der Waals surface area contributed by atoms with E-state index in [9.17, 15) is 0 Å². The summed E-state index contributed by atoms with van der Waals surface area (Å²) < 4.78 is 5.24. The smallest absolute Gasteiger partial charge is 0.258 e. The second-order valence-electron chi connectivity index (χ2n) is 6.48. The van der Waals surface area contributed by atoms with Crippen LogP contribution in [0.4, 0.5) is 11.6 Å². The number of benzene rings is 1. The lowest BCUT2D eigenvalue weighted by atomic mass is 10.1. The number of hydrogen-bond donors (Lipinski definition) is 1. The number of aryl methyl sites for hydroxylation is 1. The summed E-state index contributed by atoms with van der Waals surface area (Å²) in [5, 5.41) is 8.35. The molecule has 0 spiro atoms. The fraction of sp³-hybridized carbons (Fsp3) is 0.200. The van der Waals surface area contributed by atoms with Crippen LogP contribution in [0.25, 0.3) is 22.4 Å². The molecule has 0 radical (unpaired) electrons. The van der Waals surface area contributed by atoms with Crippen LogP contribution in [0.2, 0.25) is 0 Å². The van der Waals surface area contributed by atoms with Crippen LogP contribution in [0.3, 0.4) is 0 Å². The van der Waals surface area contributed by atoms with Crippen LogP contribution in [0, 0.1) is 6.92 Å². The van der Waals surface area contributed by atoms with E-state index in [0.29, 0.717) is 18.3 Å². The molecule has 27 heavy (non-hydrogen) atoms. The summed E-state index contributed by atoms with van der Waals surface area (Å²) in [7, 11) is 3.98. The van der Waals surface area contributed by atoms with Crippen molar-refractivity contribution in [2.45, 2.75) is 13.5 Å². The number of anilines is 2. The Balaban J connectivity index is 1.62. The third kappa shape index (κ3) is 3.57. The standard InChI is InChI=1S/C20H20N6O/c1-13-23-20(27-25-13)14-8-9-21-18(10-14)22-12-15-11-19(26(2)3)24-17-7-5-4-6-16(15)17/h4-11H,12H2,1-3H3,(H,21,22). The first-order chi connectivity index (χ1) is 13.1. The maximum Gasteiger partial charge on any atom is 0.258 e. The number of pyridine rings is 2. The zero-order valence-electron chi connectivity index (χ0n) is 15.5. The molecule has 1 N–H and O–H groups in total. The minimum atomic E-state index is 0.488. The first-order valence-electron chi connectivity index (χ1n) is 8.67. The molecule has 0 amide bonds. The van der Waals surface area contributed by atoms with Gasteiger partial charge in [-0.05, 0) is 36.8 Å². The molecule has 0 aliphatic rings. The van der Waals surface area contributed by atoms with Crippen molar-refractivity contribution in [3.05, 3.63) is 60.0 Å². The van der Waals surface area contributed by atoms with Crippen molar-refractivity contribution in [3.63, 3.8) is 0 Å². The van der Waals surface area contributed by atoms with Crippen molar-refractivity contribution >= 4 is 22.5 Å². The number of nitrogens with one attached hydrogen (secondary N) is 1. The number of nitrogens with zero attached hydrogens (tertiary/aromatic N) is 5. The van der Waals surface area contributed by atoms with E-state index in [-0.39, 0.29) is 0 Å². The molecule has 3 heterocycles. The summed E-state index contributed by atoms with van der Waals surface area (Å²) in [4.78, 5) is 15.4. The highest BCUT2D eigenvalue weighted by molar-refractivity contribution is 5.84. The Labute approximate surface area is 157 Å². The Morgan fingerprint density at radius 2 is 1.93 bits per heavy atom. The fourth-order valence-corrected chi connectivity index (χ4v) is 2.87. The summed E-state index contributed by atoms with van der Waals surface area (Å²) >= 11 is 0. The highest BCUT2D eigenvalue weighted by Crippen LogP contribution is 2.24. The zero-order valence-corrected chi connectivity index (χ0v) is 15.5. The first kappa shape index (κ1) is 17.0. The molecule has 136 valence electrons. The summed E-state index contributed by atoms with van der Waals surface area (Å²) in [5.41, 5.74) is 2.97. The van der Waals surface area contributed by atoms with Gasteiger partial charge in [-0.15, -0.1) is 0 Å². The molecule has 0 atom stereocenters. The predicted octanol–water partition coefficient (Wildman–Crippen LogP) is 3.67. The Bertz CT molecular complexity index is 1090. The highest BCUT2D eigenvalue weighted by atomic mass is 16.5. The van der Waals surface area contributed by atoms with Crippen molar-refractivity contribution in [3.8, 4) is 11.5 Å². The minimum Gasteiger partial charge on any atom is -0.366 e. The molecule has 0 aliphatic carbocycles. The first-order valence-corrected chi connectivity index (χ1v) is 8.67. The van der Waals surface area contributed by atoms with E-state index < -0.39 is 0 Å². The summed E-state index contributed by atoms with van der Waals surface area (Å²) in [6.07, 6.45) is 1.73. The van der Waals surface area contributed by atoms with E-state index in [4.69, 9.17) is 9.51 Å². The van der Waals surface area contributed by atoms with Gasteiger partial charge in [-0.25, -0.2) is 9.97 Å². The van der Waals surface area contributed by atoms with Crippen LogP contribution in [-0.2, 0) is 6.54 Å². The van der Waals surface area contributed by atoms with Gasteiger partial charge in [0.1, 0.15) is 11.6 Å². The molecule has 4 rings (SSSR count). The Morgan fingerprint density at radius 1 is 1.07 bits per heavy atom. The van der Waals surface area contributed by atoms with Crippen molar-refractivity contribution < 1.29 is 4.52 Å². The van der Waals surface area contributed by atoms with Gasteiger partial charge in [0, 0.05) is 37.8 Å². The van der Waals surface area contributed by atoms with Gasteiger partial charge in [0.15, 0.2) is 5.82 Å². The average Bonchev–Trinajstić information content (AvgIpc) is 3.12. The Hall–Kier alpha value is -3.48. The van der Waals surface area contributed by atoms with E-state index in [1.807, 2.05) is 49.3 Å². The lowest BCUT2D eigenvalue weighted by Gasteiger charge is -2.15. The van der Waals surface area contributed by atoms with Gasteiger partial charge >= 0.3 is 0 Å². The van der Waals surface area contributed by atoms with Gasteiger partial charge in [-0.2, -0.15) is 4.98 Å². The number of aromatic nitrogens is 4. The minimum absolute atomic E-state index is 0.488. The third-order valence-electron chi connectivity index (χ3n) is 4.24. The van der Waals surface area contributed by atoms with Gasteiger partial charge in [-0.3, -0.25) is 0 Å². The zero-order chi connectivity index (χ0) is 18.8. The van der Waals surface area contributed by atoms with Crippen molar-refractivity contribution in [1.29, 1.82) is 0 Å².